The van der Waals surface area contributed by atoms with Gasteiger partial charge in [0.25, 0.3) is 0 Å². The van der Waals surface area contributed by atoms with E-state index in [0.717, 1.165) is 68.0 Å². The van der Waals surface area contributed by atoms with E-state index in [1.54, 1.807) is 11.8 Å². The van der Waals surface area contributed by atoms with Gasteiger partial charge in [-0.2, -0.15) is 0 Å². The minimum atomic E-state index is 0.352. The van der Waals surface area contributed by atoms with E-state index in [-0.39, 0.29) is 0 Å². The van der Waals surface area contributed by atoms with Crippen molar-refractivity contribution in [2.45, 2.75) is 48.4 Å². The van der Waals surface area contributed by atoms with Crippen LogP contribution < -0.4 is 0 Å². The predicted octanol–water partition coefficient (Wildman–Crippen LogP) is 4.08. The Bertz CT molecular complexity index is 791. The molecule has 2 aliphatic rings. The maximum Gasteiger partial charge on any atom is 0.188 e. The van der Waals surface area contributed by atoms with Crippen molar-refractivity contribution in [2.24, 2.45) is 0 Å². The van der Waals surface area contributed by atoms with Crippen LogP contribution in [-0.2, 0) is 11.2 Å². The molecule has 2 aromatic heterocycles. The summed E-state index contributed by atoms with van der Waals surface area (Å²) in [5.74, 6) is 1.12. The van der Waals surface area contributed by atoms with E-state index in [1.165, 1.54) is 22.6 Å². The Morgan fingerprint density at radius 2 is 1.96 bits per heavy atom. The van der Waals surface area contributed by atoms with Crippen molar-refractivity contribution < 1.29 is 4.74 Å². The third-order valence-corrected chi connectivity index (χ3v) is 7.44. The summed E-state index contributed by atoms with van der Waals surface area (Å²) in [5.41, 5.74) is 4.76. The first-order chi connectivity index (χ1) is 13.7. The fourth-order valence-corrected chi connectivity index (χ4v) is 6.21. The molecule has 0 aromatic carbocycles. The summed E-state index contributed by atoms with van der Waals surface area (Å²) in [5, 5.41) is 1.23. The summed E-state index contributed by atoms with van der Waals surface area (Å²) >= 11 is 3.75. The number of ether oxygens (including phenoxy) is 1. The van der Waals surface area contributed by atoms with E-state index in [2.05, 4.69) is 20.9 Å². The molecule has 1 fully saturated rings. The van der Waals surface area contributed by atoms with Gasteiger partial charge in [-0.3, -0.25) is 9.88 Å². The molecule has 0 saturated carbocycles. The topological polar surface area (TPSA) is 51.1 Å². The smallest absolute Gasteiger partial charge is 0.188 e. The van der Waals surface area contributed by atoms with Crippen molar-refractivity contribution in [1.29, 1.82) is 0 Å². The van der Waals surface area contributed by atoms with Crippen LogP contribution in [0.5, 0.6) is 0 Å². The fraction of sp³-hybridized carbons (Fsp3) is 0.571. The molecule has 4 rings (SSSR count). The van der Waals surface area contributed by atoms with Crippen molar-refractivity contribution in [1.82, 2.24) is 19.9 Å². The third kappa shape index (κ3) is 5.06. The van der Waals surface area contributed by atoms with Gasteiger partial charge in [0.15, 0.2) is 5.16 Å². The number of thioether (sulfide) groups is 2. The third-order valence-electron chi connectivity index (χ3n) is 5.22. The molecule has 150 valence electrons. The van der Waals surface area contributed by atoms with Crippen LogP contribution in [0.3, 0.4) is 0 Å². The van der Waals surface area contributed by atoms with Crippen molar-refractivity contribution >= 4 is 23.5 Å². The van der Waals surface area contributed by atoms with Gasteiger partial charge >= 0.3 is 0 Å². The Hall–Kier alpha value is -1.15. The summed E-state index contributed by atoms with van der Waals surface area (Å²) in [6, 6.07) is 4.23. The Morgan fingerprint density at radius 1 is 1.18 bits per heavy atom. The maximum absolute atomic E-state index is 5.44. The highest BCUT2D eigenvalue weighted by atomic mass is 32.2. The average Bonchev–Trinajstić information content (AvgIpc) is 2.69. The van der Waals surface area contributed by atoms with Crippen LogP contribution in [0.1, 0.15) is 40.7 Å². The quantitative estimate of drug-likeness (QED) is 0.519. The van der Waals surface area contributed by atoms with Crippen LogP contribution in [0, 0.1) is 13.8 Å². The molecule has 1 unspecified atom stereocenters. The number of pyridine rings is 1. The largest absolute Gasteiger partial charge is 0.379 e. The van der Waals surface area contributed by atoms with Crippen LogP contribution in [0.25, 0.3) is 0 Å². The zero-order chi connectivity index (χ0) is 19.3. The monoisotopic (exact) mass is 416 g/mol. The number of nitrogens with zero attached hydrogens (tertiary/aromatic N) is 4. The van der Waals surface area contributed by atoms with Gasteiger partial charge < -0.3 is 4.74 Å². The molecule has 1 saturated heterocycles. The second-order valence-electron chi connectivity index (χ2n) is 7.41. The molecule has 3 heterocycles. The lowest BCUT2D eigenvalue weighted by Gasteiger charge is -2.27. The van der Waals surface area contributed by atoms with E-state index in [1.807, 2.05) is 37.9 Å². The number of aryl methyl sites for hydroxylation is 2. The normalized spacial score (nSPS) is 20.1. The first-order valence-electron chi connectivity index (χ1n) is 10.1. The minimum absolute atomic E-state index is 0.352. The average molecular weight is 417 g/mol. The van der Waals surface area contributed by atoms with Gasteiger partial charge in [-0.1, -0.05) is 11.8 Å². The number of fused-ring (bicyclic) bond motifs is 1. The number of hydrogen-bond donors (Lipinski definition) is 0. The molecule has 1 aliphatic heterocycles. The Balaban J connectivity index is 1.44. The Morgan fingerprint density at radius 3 is 2.75 bits per heavy atom. The van der Waals surface area contributed by atoms with Crippen molar-refractivity contribution in [3.05, 3.63) is 41.0 Å². The Kier molecular flexibility index (Phi) is 6.88. The first kappa shape index (κ1) is 20.1. The zero-order valence-corrected chi connectivity index (χ0v) is 18.3. The number of rotatable bonds is 6. The summed E-state index contributed by atoms with van der Waals surface area (Å²) < 4.78 is 5.44. The standard InChI is InChI=1S/C21H28N4OS2/c1-15-14-16(2)24-21(23-15)28-19-5-3-4-17-18(6-7-22-20(17)19)27-13-10-25-8-11-26-12-9-25/h6-7,14,19H,3-5,8-13H2,1-2H3. The van der Waals surface area contributed by atoms with Crippen molar-refractivity contribution in [3.8, 4) is 0 Å². The highest BCUT2D eigenvalue weighted by Gasteiger charge is 2.26. The molecule has 2 aromatic rings. The van der Waals surface area contributed by atoms with Gasteiger partial charge in [0.2, 0.25) is 0 Å². The molecule has 1 aliphatic carbocycles. The molecular weight excluding hydrogens is 388 g/mol. The van der Waals surface area contributed by atoms with Gasteiger partial charge in [-0.25, -0.2) is 9.97 Å². The molecular formula is C21H28N4OS2. The minimum Gasteiger partial charge on any atom is -0.379 e. The molecule has 0 amide bonds. The van der Waals surface area contributed by atoms with Crippen molar-refractivity contribution in [3.63, 3.8) is 0 Å². The number of morpholine rings is 1. The van der Waals surface area contributed by atoms with Gasteiger partial charge in [-0.15, -0.1) is 11.8 Å². The van der Waals surface area contributed by atoms with E-state index >= 15 is 0 Å². The van der Waals surface area contributed by atoms with E-state index in [9.17, 15) is 0 Å². The van der Waals surface area contributed by atoms with Gasteiger partial charge in [0.05, 0.1) is 24.2 Å². The predicted molar refractivity (Wildman–Crippen MR) is 115 cm³/mol. The summed E-state index contributed by atoms with van der Waals surface area (Å²) in [4.78, 5) is 17.9. The van der Waals surface area contributed by atoms with Crippen LogP contribution in [0.15, 0.2) is 28.4 Å². The van der Waals surface area contributed by atoms with Gasteiger partial charge in [-0.05, 0) is 50.8 Å². The molecule has 5 nitrogen and oxygen atoms in total. The van der Waals surface area contributed by atoms with E-state index in [0.29, 0.717) is 5.25 Å². The van der Waals surface area contributed by atoms with Crippen LogP contribution in [-0.4, -0.2) is 58.5 Å². The lowest BCUT2D eigenvalue weighted by molar-refractivity contribution is 0.0410. The second-order valence-corrected chi connectivity index (χ2v) is 9.71. The summed E-state index contributed by atoms with van der Waals surface area (Å²) in [6.07, 6.45) is 5.46. The van der Waals surface area contributed by atoms with E-state index in [4.69, 9.17) is 9.72 Å². The highest BCUT2D eigenvalue weighted by molar-refractivity contribution is 7.99. The van der Waals surface area contributed by atoms with Gasteiger partial charge in [0.1, 0.15) is 0 Å². The second kappa shape index (κ2) is 9.57. The van der Waals surface area contributed by atoms with Crippen LogP contribution in [0.4, 0.5) is 0 Å². The number of hydrogen-bond acceptors (Lipinski definition) is 7. The molecule has 1 atom stereocenters. The zero-order valence-electron chi connectivity index (χ0n) is 16.7. The van der Waals surface area contributed by atoms with Crippen molar-refractivity contribution in [2.75, 3.05) is 38.6 Å². The lowest BCUT2D eigenvalue weighted by atomic mass is 9.96. The number of aromatic nitrogens is 3. The van der Waals surface area contributed by atoms with E-state index < -0.39 is 0 Å². The SMILES string of the molecule is Cc1cc(C)nc(SC2CCCc3c(SCCN4CCOCC4)ccnc32)n1. The summed E-state index contributed by atoms with van der Waals surface area (Å²) in [6.45, 7) is 9.06. The van der Waals surface area contributed by atoms with Crippen LogP contribution >= 0.6 is 23.5 Å². The first-order valence-corrected chi connectivity index (χ1v) is 11.9. The lowest BCUT2D eigenvalue weighted by Crippen LogP contribution is -2.37. The maximum atomic E-state index is 5.44. The molecule has 7 heteroatoms. The summed E-state index contributed by atoms with van der Waals surface area (Å²) in [7, 11) is 0. The Labute approximate surface area is 176 Å². The fourth-order valence-electron chi connectivity index (χ4n) is 3.85. The van der Waals surface area contributed by atoms with Crippen LogP contribution in [0.2, 0.25) is 0 Å². The molecule has 0 bridgehead atoms. The molecule has 0 N–H and O–H groups in total. The molecule has 0 radical (unpaired) electrons. The highest BCUT2D eigenvalue weighted by Crippen LogP contribution is 2.43. The molecule has 0 spiro atoms. The molecule has 28 heavy (non-hydrogen) atoms. The van der Waals surface area contributed by atoms with Gasteiger partial charge in [0, 0.05) is 47.9 Å².